The van der Waals surface area contributed by atoms with E-state index < -0.39 is 13.0 Å². The maximum atomic E-state index is 11.4. The van der Waals surface area contributed by atoms with Crippen molar-refractivity contribution in [2.75, 3.05) is 19.8 Å². The van der Waals surface area contributed by atoms with Gasteiger partial charge in [-0.05, 0) is 6.42 Å². The van der Waals surface area contributed by atoms with Crippen molar-refractivity contribution in [3.8, 4) is 0 Å². The number of nitrogens with two attached hydrogens (primary N) is 1. The molecule has 0 aromatic carbocycles. The molecule has 0 atom stereocenters. The van der Waals surface area contributed by atoms with Crippen LogP contribution < -0.4 is 11.3 Å². The molecular formula is C5H12F2N2O. The van der Waals surface area contributed by atoms with E-state index in [0.29, 0.717) is 19.6 Å². The van der Waals surface area contributed by atoms with Crippen molar-refractivity contribution in [2.45, 2.75) is 12.8 Å². The zero-order valence-corrected chi connectivity index (χ0v) is 5.65. The van der Waals surface area contributed by atoms with E-state index in [1.807, 2.05) is 0 Å². The highest BCUT2D eigenvalue weighted by atomic mass is 19.3. The van der Waals surface area contributed by atoms with Gasteiger partial charge in [0.1, 0.15) is 6.61 Å². The van der Waals surface area contributed by atoms with Gasteiger partial charge in [-0.15, -0.1) is 0 Å². The predicted octanol–water partition coefficient (Wildman–Crippen LogP) is 0.121. The smallest absolute Gasteiger partial charge is 0.261 e. The second-order valence-corrected chi connectivity index (χ2v) is 1.77. The minimum absolute atomic E-state index is 0.328. The first-order valence-electron chi connectivity index (χ1n) is 3.06. The molecule has 0 aliphatic rings. The summed E-state index contributed by atoms with van der Waals surface area (Å²) in [5.74, 6) is 4.92. The Balaban J connectivity index is 2.77. The molecule has 0 unspecified atom stereocenters. The number of nitrogens with one attached hydrogen (secondary N) is 1. The van der Waals surface area contributed by atoms with E-state index in [9.17, 15) is 8.78 Å². The molecule has 0 radical (unpaired) electrons. The number of rotatable bonds is 6. The second-order valence-electron chi connectivity index (χ2n) is 1.77. The summed E-state index contributed by atoms with van der Waals surface area (Å²) in [6.45, 7) is 0.433. The zero-order valence-electron chi connectivity index (χ0n) is 5.65. The number of hydrazine groups is 1. The van der Waals surface area contributed by atoms with Crippen LogP contribution in [0.15, 0.2) is 0 Å². The standard InChI is InChI=1S/C5H12F2N2O/c6-5(7)4-10-3-1-2-9-8/h5,9H,1-4,8H2. The highest BCUT2D eigenvalue weighted by Crippen LogP contribution is 1.92. The number of alkyl halides is 2. The molecule has 0 aliphatic heterocycles. The molecule has 10 heavy (non-hydrogen) atoms. The Morgan fingerprint density at radius 1 is 1.50 bits per heavy atom. The Kier molecular flexibility index (Phi) is 6.68. The van der Waals surface area contributed by atoms with Crippen molar-refractivity contribution < 1.29 is 13.5 Å². The Bertz CT molecular complexity index is 72.7. The zero-order chi connectivity index (χ0) is 7.82. The summed E-state index contributed by atoms with van der Waals surface area (Å²) in [6.07, 6.45) is -1.71. The first-order valence-corrected chi connectivity index (χ1v) is 3.06. The van der Waals surface area contributed by atoms with Crippen LogP contribution in [0, 0.1) is 0 Å². The highest BCUT2D eigenvalue weighted by molar-refractivity contribution is 4.39. The molecule has 0 fully saturated rings. The van der Waals surface area contributed by atoms with Crippen LogP contribution in [0.2, 0.25) is 0 Å². The lowest BCUT2D eigenvalue weighted by atomic mass is 10.5. The maximum absolute atomic E-state index is 11.4. The molecule has 0 aromatic heterocycles. The number of hydrogen-bond donors (Lipinski definition) is 2. The monoisotopic (exact) mass is 154 g/mol. The molecule has 0 spiro atoms. The topological polar surface area (TPSA) is 47.3 Å². The summed E-state index contributed by atoms with van der Waals surface area (Å²) in [5.41, 5.74) is 2.39. The molecule has 0 aromatic rings. The van der Waals surface area contributed by atoms with Crippen LogP contribution in [0.4, 0.5) is 8.78 Å². The average molecular weight is 154 g/mol. The number of ether oxygens (including phenoxy) is 1. The molecule has 0 amide bonds. The van der Waals surface area contributed by atoms with Gasteiger partial charge in [0.2, 0.25) is 0 Å². The Labute approximate surface area is 58.5 Å². The molecule has 0 heterocycles. The maximum Gasteiger partial charge on any atom is 0.261 e. The molecular weight excluding hydrogens is 142 g/mol. The predicted molar refractivity (Wildman–Crippen MR) is 33.6 cm³/mol. The van der Waals surface area contributed by atoms with Gasteiger partial charge in [0, 0.05) is 13.2 Å². The largest absolute Gasteiger partial charge is 0.375 e. The third-order valence-electron chi connectivity index (χ3n) is 0.854. The van der Waals surface area contributed by atoms with Crippen LogP contribution in [-0.4, -0.2) is 26.2 Å². The summed E-state index contributed by atoms with van der Waals surface area (Å²) >= 11 is 0. The van der Waals surface area contributed by atoms with Crippen LogP contribution in [-0.2, 0) is 4.74 Å². The van der Waals surface area contributed by atoms with Gasteiger partial charge >= 0.3 is 0 Å². The van der Waals surface area contributed by atoms with Crippen molar-refractivity contribution in [1.29, 1.82) is 0 Å². The fourth-order valence-corrected chi connectivity index (χ4v) is 0.449. The van der Waals surface area contributed by atoms with E-state index in [2.05, 4.69) is 10.2 Å². The van der Waals surface area contributed by atoms with E-state index >= 15 is 0 Å². The van der Waals surface area contributed by atoms with Gasteiger partial charge in [0.15, 0.2) is 0 Å². The average Bonchev–Trinajstić information content (AvgIpc) is 1.87. The van der Waals surface area contributed by atoms with Crippen LogP contribution in [0.3, 0.4) is 0 Å². The van der Waals surface area contributed by atoms with Crippen molar-refractivity contribution in [3.63, 3.8) is 0 Å². The van der Waals surface area contributed by atoms with Gasteiger partial charge in [-0.25, -0.2) is 8.78 Å². The Morgan fingerprint density at radius 3 is 2.70 bits per heavy atom. The normalized spacial score (nSPS) is 10.8. The molecule has 0 aliphatic carbocycles. The molecule has 5 heteroatoms. The lowest BCUT2D eigenvalue weighted by Crippen LogP contribution is -2.24. The van der Waals surface area contributed by atoms with Gasteiger partial charge in [-0.3, -0.25) is 11.3 Å². The van der Waals surface area contributed by atoms with E-state index in [4.69, 9.17) is 5.84 Å². The van der Waals surface area contributed by atoms with Crippen LogP contribution in [0.5, 0.6) is 0 Å². The molecule has 0 rings (SSSR count). The summed E-state index contributed by atoms with van der Waals surface area (Å²) in [5, 5.41) is 0. The van der Waals surface area contributed by atoms with E-state index in [0.717, 1.165) is 0 Å². The van der Waals surface area contributed by atoms with Crippen molar-refractivity contribution >= 4 is 0 Å². The third-order valence-corrected chi connectivity index (χ3v) is 0.854. The van der Waals surface area contributed by atoms with Gasteiger partial charge in [0.25, 0.3) is 6.43 Å². The van der Waals surface area contributed by atoms with Crippen molar-refractivity contribution in [3.05, 3.63) is 0 Å². The summed E-state index contributed by atoms with van der Waals surface area (Å²) in [6, 6.07) is 0. The molecule has 62 valence electrons. The van der Waals surface area contributed by atoms with Gasteiger partial charge in [-0.1, -0.05) is 0 Å². The highest BCUT2D eigenvalue weighted by Gasteiger charge is 1.99. The van der Waals surface area contributed by atoms with E-state index in [-0.39, 0.29) is 0 Å². The van der Waals surface area contributed by atoms with Crippen LogP contribution in [0.25, 0.3) is 0 Å². The lowest BCUT2D eigenvalue weighted by Gasteiger charge is -2.01. The summed E-state index contributed by atoms with van der Waals surface area (Å²) < 4.78 is 27.3. The first kappa shape index (κ1) is 9.74. The molecule has 0 bridgehead atoms. The van der Waals surface area contributed by atoms with Crippen molar-refractivity contribution in [2.24, 2.45) is 5.84 Å². The fourth-order valence-electron chi connectivity index (χ4n) is 0.449. The minimum atomic E-state index is -2.37. The summed E-state index contributed by atoms with van der Waals surface area (Å²) in [4.78, 5) is 0. The van der Waals surface area contributed by atoms with Crippen LogP contribution >= 0.6 is 0 Å². The number of hydrogen-bond acceptors (Lipinski definition) is 3. The van der Waals surface area contributed by atoms with Gasteiger partial charge in [0.05, 0.1) is 0 Å². The fraction of sp³-hybridized carbons (Fsp3) is 1.00. The number of halogens is 2. The van der Waals surface area contributed by atoms with Gasteiger partial charge < -0.3 is 4.74 Å². The third kappa shape index (κ3) is 7.74. The molecule has 0 saturated carbocycles. The molecule has 0 saturated heterocycles. The van der Waals surface area contributed by atoms with Crippen molar-refractivity contribution in [1.82, 2.24) is 5.43 Å². The second kappa shape index (κ2) is 6.85. The SMILES string of the molecule is NNCCCOCC(F)F. The van der Waals surface area contributed by atoms with Gasteiger partial charge in [-0.2, -0.15) is 0 Å². The van der Waals surface area contributed by atoms with E-state index in [1.165, 1.54) is 0 Å². The Hall–Kier alpha value is -0.260. The minimum Gasteiger partial charge on any atom is -0.375 e. The van der Waals surface area contributed by atoms with E-state index in [1.54, 1.807) is 0 Å². The summed E-state index contributed by atoms with van der Waals surface area (Å²) in [7, 11) is 0. The molecule has 3 nitrogen and oxygen atoms in total. The lowest BCUT2D eigenvalue weighted by molar-refractivity contribution is 0.0168. The molecule has 3 N–H and O–H groups in total. The van der Waals surface area contributed by atoms with Crippen LogP contribution in [0.1, 0.15) is 6.42 Å². The quantitative estimate of drug-likeness (QED) is 0.324. The first-order chi connectivity index (χ1) is 4.77. The Morgan fingerprint density at radius 2 is 2.20 bits per heavy atom.